The molecule has 22 heavy (non-hydrogen) atoms. The lowest BCUT2D eigenvalue weighted by molar-refractivity contribution is 0.415. The SMILES string of the molecule is COc1ccc2c(S(C)=O)nc(C)c(-c3ccccc3)c2c1. The van der Waals surface area contributed by atoms with Gasteiger partial charge in [-0.15, -0.1) is 0 Å². The first-order valence-corrected chi connectivity index (χ1v) is 8.55. The standard InChI is InChI=1S/C18H17NO2S/c1-12-17(13-7-5-4-6-8-13)16-11-14(21-2)9-10-15(16)18(19-12)22(3)20/h4-11H,1-3H3. The Balaban J connectivity index is 2.43. The smallest absolute Gasteiger partial charge is 0.135 e. The van der Waals surface area contributed by atoms with Gasteiger partial charge in [-0.05, 0) is 36.1 Å². The summed E-state index contributed by atoms with van der Waals surface area (Å²) in [6, 6.07) is 15.9. The quantitative estimate of drug-likeness (QED) is 0.735. The van der Waals surface area contributed by atoms with Crippen molar-refractivity contribution in [3.63, 3.8) is 0 Å². The largest absolute Gasteiger partial charge is 0.497 e. The van der Waals surface area contributed by atoms with Gasteiger partial charge in [0.25, 0.3) is 0 Å². The molecule has 1 unspecified atom stereocenters. The lowest BCUT2D eigenvalue weighted by Gasteiger charge is -2.14. The third kappa shape index (κ3) is 2.50. The molecule has 0 N–H and O–H groups in total. The highest BCUT2D eigenvalue weighted by molar-refractivity contribution is 7.84. The van der Waals surface area contributed by atoms with Gasteiger partial charge in [0.1, 0.15) is 10.8 Å². The van der Waals surface area contributed by atoms with Crippen molar-refractivity contribution in [1.82, 2.24) is 4.98 Å². The van der Waals surface area contributed by atoms with E-state index in [-0.39, 0.29) is 0 Å². The molecule has 0 radical (unpaired) electrons. The molecule has 0 aliphatic carbocycles. The number of nitrogens with zero attached hydrogens (tertiary/aromatic N) is 1. The van der Waals surface area contributed by atoms with E-state index in [1.54, 1.807) is 13.4 Å². The van der Waals surface area contributed by atoms with Crippen LogP contribution in [0.5, 0.6) is 5.75 Å². The number of aromatic nitrogens is 1. The maximum atomic E-state index is 12.0. The first kappa shape index (κ1) is 14.7. The average Bonchev–Trinajstić information content (AvgIpc) is 2.54. The van der Waals surface area contributed by atoms with Crippen LogP contribution in [0.4, 0.5) is 0 Å². The zero-order chi connectivity index (χ0) is 15.7. The van der Waals surface area contributed by atoms with Crippen molar-refractivity contribution in [1.29, 1.82) is 0 Å². The molecule has 0 saturated carbocycles. The van der Waals surface area contributed by atoms with Gasteiger partial charge in [0.15, 0.2) is 0 Å². The van der Waals surface area contributed by atoms with Crippen LogP contribution in [0, 0.1) is 6.92 Å². The summed E-state index contributed by atoms with van der Waals surface area (Å²) in [4.78, 5) is 4.59. The van der Waals surface area contributed by atoms with Gasteiger partial charge in [-0.1, -0.05) is 30.3 Å². The molecule has 0 aliphatic rings. The van der Waals surface area contributed by atoms with Gasteiger partial charge >= 0.3 is 0 Å². The molecule has 0 saturated heterocycles. The van der Waals surface area contributed by atoms with E-state index < -0.39 is 10.8 Å². The Morgan fingerprint density at radius 3 is 2.41 bits per heavy atom. The molecule has 0 amide bonds. The molecular weight excluding hydrogens is 294 g/mol. The van der Waals surface area contributed by atoms with E-state index in [9.17, 15) is 4.21 Å². The predicted molar refractivity (Wildman–Crippen MR) is 90.8 cm³/mol. The van der Waals surface area contributed by atoms with E-state index in [1.165, 1.54) is 0 Å². The minimum absolute atomic E-state index is 0.620. The van der Waals surface area contributed by atoms with Gasteiger partial charge < -0.3 is 4.74 Å². The number of aryl methyl sites for hydroxylation is 1. The number of ether oxygens (including phenoxy) is 1. The van der Waals surface area contributed by atoms with Crippen LogP contribution in [-0.2, 0) is 10.8 Å². The second-order valence-electron chi connectivity index (χ2n) is 5.11. The third-order valence-electron chi connectivity index (χ3n) is 3.69. The van der Waals surface area contributed by atoms with Crippen molar-refractivity contribution in [3.05, 3.63) is 54.2 Å². The van der Waals surface area contributed by atoms with Crippen molar-refractivity contribution >= 4 is 21.6 Å². The number of benzene rings is 2. The van der Waals surface area contributed by atoms with Crippen molar-refractivity contribution in [3.8, 4) is 16.9 Å². The first-order valence-electron chi connectivity index (χ1n) is 6.99. The van der Waals surface area contributed by atoms with Crippen LogP contribution >= 0.6 is 0 Å². The maximum absolute atomic E-state index is 12.0. The van der Waals surface area contributed by atoms with Crippen LogP contribution in [-0.4, -0.2) is 22.6 Å². The molecule has 112 valence electrons. The van der Waals surface area contributed by atoms with E-state index in [1.807, 2.05) is 43.3 Å². The van der Waals surface area contributed by atoms with Gasteiger partial charge in [-0.3, -0.25) is 4.21 Å². The highest BCUT2D eigenvalue weighted by Crippen LogP contribution is 2.35. The highest BCUT2D eigenvalue weighted by atomic mass is 32.2. The topological polar surface area (TPSA) is 39.2 Å². The predicted octanol–water partition coefficient (Wildman–Crippen LogP) is 3.96. The number of fused-ring (bicyclic) bond motifs is 1. The second-order valence-corrected chi connectivity index (χ2v) is 6.40. The van der Waals surface area contributed by atoms with Gasteiger partial charge in [-0.2, -0.15) is 0 Å². The van der Waals surface area contributed by atoms with E-state index in [0.29, 0.717) is 5.03 Å². The van der Waals surface area contributed by atoms with E-state index in [2.05, 4.69) is 17.1 Å². The Morgan fingerprint density at radius 2 is 1.77 bits per heavy atom. The van der Waals surface area contributed by atoms with Crippen LogP contribution in [0.15, 0.2) is 53.6 Å². The molecular formula is C18H17NO2S. The van der Waals surface area contributed by atoms with Gasteiger partial charge in [0.2, 0.25) is 0 Å². The fourth-order valence-electron chi connectivity index (χ4n) is 2.70. The van der Waals surface area contributed by atoms with Crippen molar-refractivity contribution in [2.24, 2.45) is 0 Å². The maximum Gasteiger partial charge on any atom is 0.135 e. The van der Waals surface area contributed by atoms with E-state index >= 15 is 0 Å². The van der Waals surface area contributed by atoms with Crippen molar-refractivity contribution in [2.45, 2.75) is 11.9 Å². The summed E-state index contributed by atoms with van der Waals surface area (Å²) >= 11 is 0. The van der Waals surface area contributed by atoms with E-state index in [4.69, 9.17) is 4.74 Å². The zero-order valence-corrected chi connectivity index (χ0v) is 13.6. The summed E-state index contributed by atoms with van der Waals surface area (Å²) in [5, 5.41) is 2.55. The Morgan fingerprint density at radius 1 is 1.05 bits per heavy atom. The monoisotopic (exact) mass is 311 g/mol. The molecule has 0 aliphatic heterocycles. The minimum Gasteiger partial charge on any atom is -0.497 e. The summed E-state index contributed by atoms with van der Waals surface area (Å²) in [5.74, 6) is 0.781. The van der Waals surface area contributed by atoms with Gasteiger partial charge in [0.05, 0.1) is 17.9 Å². The lowest BCUT2D eigenvalue weighted by Crippen LogP contribution is -2.00. The molecule has 2 aromatic carbocycles. The van der Waals surface area contributed by atoms with Crippen LogP contribution in [0.25, 0.3) is 21.9 Å². The van der Waals surface area contributed by atoms with Crippen LogP contribution < -0.4 is 4.74 Å². The molecule has 1 atom stereocenters. The summed E-state index contributed by atoms with van der Waals surface area (Å²) in [5.41, 5.74) is 3.03. The molecule has 3 nitrogen and oxygen atoms in total. The fraction of sp³-hybridized carbons (Fsp3) is 0.167. The molecule has 3 aromatic rings. The molecule has 1 aromatic heterocycles. The molecule has 3 rings (SSSR count). The molecule has 0 bridgehead atoms. The highest BCUT2D eigenvalue weighted by Gasteiger charge is 2.15. The van der Waals surface area contributed by atoms with Crippen LogP contribution in [0.1, 0.15) is 5.69 Å². The molecule has 0 spiro atoms. The lowest BCUT2D eigenvalue weighted by atomic mass is 9.98. The average molecular weight is 311 g/mol. The Kier molecular flexibility index (Phi) is 3.94. The van der Waals surface area contributed by atoms with Crippen molar-refractivity contribution in [2.75, 3.05) is 13.4 Å². The molecule has 1 heterocycles. The first-order chi connectivity index (χ1) is 10.6. The van der Waals surface area contributed by atoms with Gasteiger partial charge in [0, 0.05) is 22.9 Å². The fourth-order valence-corrected chi connectivity index (χ4v) is 3.45. The molecule has 4 heteroatoms. The summed E-state index contributed by atoms with van der Waals surface area (Å²) in [6.45, 7) is 1.96. The van der Waals surface area contributed by atoms with Crippen molar-refractivity contribution < 1.29 is 8.95 Å². The van der Waals surface area contributed by atoms with Crippen LogP contribution in [0.3, 0.4) is 0 Å². The summed E-state index contributed by atoms with van der Waals surface area (Å²) < 4.78 is 17.4. The normalized spacial score (nSPS) is 12.3. The van der Waals surface area contributed by atoms with E-state index in [0.717, 1.165) is 33.3 Å². The number of rotatable bonds is 3. The number of hydrogen-bond acceptors (Lipinski definition) is 3. The Bertz CT molecular complexity index is 860. The second kappa shape index (κ2) is 5.89. The number of hydrogen-bond donors (Lipinski definition) is 0. The molecule has 0 fully saturated rings. The van der Waals surface area contributed by atoms with Gasteiger partial charge in [-0.25, -0.2) is 4.98 Å². The number of methoxy groups -OCH3 is 1. The Labute approximate surface area is 132 Å². The van der Waals surface area contributed by atoms with Crippen LogP contribution in [0.2, 0.25) is 0 Å². The summed E-state index contributed by atoms with van der Waals surface area (Å²) in [7, 11) is 0.510. The third-order valence-corrected chi connectivity index (χ3v) is 4.55. The Hall–Kier alpha value is -2.20. The minimum atomic E-state index is -1.14. The number of pyridine rings is 1. The zero-order valence-electron chi connectivity index (χ0n) is 12.8. The summed E-state index contributed by atoms with van der Waals surface area (Å²) in [6.07, 6.45) is 1.66.